The van der Waals surface area contributed by atoms with Gasteiger partial charge in [-0.1, -0.05) is 22.0 Å². The summed E-state index contributed by atoms with van der Waals surface area (Å²) in [5.41, 5.74) is 3.66. The molecule has 2 heterocycles. The molecule has 0 bridgehead atoms. The summed E-state index contributed by atoms with van der Waals surface area (Å²) in [7, 11) is 0. The van der Waals surface area contributed by atoms with Gasteiger partial charge < -0.3 is 10.3 Å². The molecule has 2 aromatic carbocycles. The van der Waals surface area contributed by atoms with E-state index >= 15 is 0 Å². The largest absolute Gasteiger partial charge is 0.357 e. The van der Waals surface area contributed by atoms with Gasteiger partial charge in [-0.25, -0.2) is 8.78 Å². The smallest absolute Gasteiger partial charge is 0.131 e. The zero-order valence-electron chi connectivity index (χ0n) is 11.6. The molecule has 1 aromatic heterocycles. The second-order valence-corrected chi connectivity index (χ2v) is 6.43. The molecule has 22 heavy (non-hydrogen) atoms. The van der Waals surface area contributed by atoms with Gasteiger partial charge in [-0.2, -0.15) is 0 Å². The molecule has 0 fully saturated rings. The van der Waals surface area contributed by atoms with E-state index in [1.807, 2.05) is 12.1 Å². The molecule has 1 aliphatic rings. The number of aromatic nitrogens is 1. The molecule has 0 spiro atoms. The molecule has 0 aliphatic carbocycles. The minimum Gasteiger partial charge on any atom is -0.357 e. The Bertz CT molecular complexity index is 872. The molecule has 2 N–H and O–H groups in total. The van der Waals surface area contributed by atoms with Crippen LogP contribution in [0.2, 0.25) is 0 Å². The van der Waals surface area contributed by atoms with Gasteiger partial charge in [0.05, 0.1) is 6.04 Å². The number of rotatable bonds is 1. The number of H-pyrrole nitrogens is 1. The zero-order valence-corrected chi connectivity index (χ0v) is 13.2. The van der Waals surface area contributed by atoms with E-state index in [1.165, 1.54) is 17.7 Å². The zero-order chi connectivity index (χ0) is 15.3. The first-order chi connectivity index (χ1) is 10.6. The van der Waals surface area contributed by atoms with E-state index in [4.69, 9.17) is 0 Å². The van der Waals surface area contributed by atoms with Gasteiger partial charge in [0.15, 0.2) is 0 Å². The van der Waals surface area contributed by atoms with Gasteiger partial charge in [0, 0.05) is 39.2 Å². The normalized spacial score (nSPS) is 17.7. The molecule has 1 unspecified atom stereocenters. The van der Waals surface area contributed by atoms with E-state index in [1.54, 1.807) is 0 Å². The lowest BCUT2D eigenvalue weighted by atomic mass is 9.94. The summed E-state index contributed by atoms with van der Waals surface area (Å²) in [5.74, 6) is -1.08. The summed E-state index contributed by atoms with van der Waals surface area (Å²) >= 11 is 3.49. The summed E-state index contributed by atoms with van der Waals surface area (Å²) in [5, 5.41) is 4.47. The van der Waals surface area contributed by atoms with E-state index in [0.717, 1.165) is 40.1 Å². The highest BCUT2D eigenvalue weighted by Gasteiger charge is 2.27. The third-order valence-electron chi connectivity index (χ3n) is 4.19. The van der Waals surface area contributed by atoms with Crippen LogP contribution in [0.3, 0.4) is 0 Å². The lowest BCUT2D eigenvalue weighted by molar-refractivity contribution is 0.514. The predicted molar refractivity (Wildman–Crippen MR) is 85.9 cm³/mol. The summed E-state index contributed by atoms with van der Waals surface area (Å²) in [6.07, 6.45) is 0.880. The molecule has 0 saturated carbocycles. The van der Waals surface area contributed by atoms with Gasteiger partial charge >= 0.3 is 0 Å². The van der Waals surface area contributed by atoms with E-state index in [9.17, 15) is 8.78 Å². The molecule has 1 aliphatic heterocycles. The maximum Gasteiger partial charge on any atom is 0.131 e. The Morgan fingerprint density at radius 1 is 1.09 bits per heavy atom. The van der Waals surface area contributed by atoms with Crippen molar-refractivity contribution in [2.75, 3.05) is 6.54 Å². The highest BCUT2D eigenvalue weighted by molar-refractivity contribution is 9.10. The van der Waals surface area contributed by atoms with Gasteiger partial charge in [-0.05, 0) is 36.2 Å². The molecular formula is C17H13BrF2N2. The molecule has 1 atom stereocenters. The summed E-state index contributed by atoms with van der Waals surface area (Å²) in [4.78, 5) is 3.39. The number of benzene rings is 2. The minimum absolute atomic E-state index is 0.282. The van der Waals surface area contributed by atoms with Crippen LogP contribution in [0.15, 0.2) is 40.9 Å². The van der Waals surface area contributed by atoms with Crippen LogP contribution in [0.25, 0.3) is 10.9 Å². The molecule has 4 rings (SSSR count). The topological polar surface area (TPSA) is 27.8 Å². The maximum absolute atomic E-state index is 14.1. The second-order valence-electron chi connectivity index (χ2n) is 5.51. The third-order valence-corrected chi connectivity index (χ3v) is 4.68. The van der Waals surface area contributed by atoms with Crippen molar-refractivity contribution < 1.29 is 8.78 Å². The molecule has 2 nitrogen and oxygen atoms in total. The highest BCUT2D eigenvalue weighted by atomic mass is 79.9. The number of fused-ring (bicyclic) bond motifs is 3. The van der Waals surface area contributed by atoms with Crippen molar-refractivity contribution in [1.82, 2.24) is 10.3 Å². The molecule has 112 valence electrons. The van der Waals surface area contributed by atoms with Gasteiger partial charge in [0.2, 0.25) is 0 Å². The van der Waals surface area contributed by atoms with E-state index in [-0.39, 0.29) is 6.04 Å². The van der Waals surface area contributed by atoms with Crippen LogP contribution in [0, 0.1) is 11.6 Å². The van der Waals surface area contributed by atoms with Gasteiger partial charge in [-0.15, -0.1) is 0 Å². The highest BCUT2D eigenvalue weighted by Crippen LogP contribution is 2.35. The molecule has 0 saturated heterocycles. The Morgan fingerprint density at radius 2 is 1.95 bits per heavy atom. The molecule has 3 aromatic rings. The first-order valence-corrected chi connectivity index (χ1v) is 7.91. The van der Waals surface area contributed by atoms with Gasteiger partial charge in [0.25, 0.3) is 0 Å². The molecular weight excluding hydrogens is 350 g/mol. The van der Waals surface area contributed by atoms with Crippen LogP contribution in [-0.2, 0) is 6.42 Å². The number of aromatic amines is 1. The van der Waals surface area contributed by atoms with Crippen molar-refractivity contribution in [3.05, 3.63) is 69.3 Å². The Balaban J connectivity index is 1.90. The van der Waals surface area contributed by atoms with Crippen LogP contribution in [0.1, 0.15) is 22.9 Å². The first kappa shape index (κ1) is 13.9. The van der Waals surface area contributed by atoms with Crippen LogP contribution in [0.4, 0.5) is 8.78 Å². The molecule has 0 radical (unpaired) electrons. The van der Waals surface area contributed by atoms with Crippen LogP contribution >= 0.6 is 15.9 Å². The Morgan fingerprint density at radius 3 is 2.77 bits per heavy atom. The minimum atomic E-state index is -0.558. The monoisotopic (exact) mass is 362 g/mol. The average Bonchev–Trinajstić information content (AvgIpc) is 2.85. The maximum atomic E-state index is 14.1. The summed E-state index contributed by atoms with van der Waals surface area (Å²) in [6, 6.07) is 9.53. The van der Waals surface area contributed by atoms with Gasteiger partial charge in [-0.3, -0.25) is 0 Å². The van der Waals surface area contributed by atoms with Crippen LogP contribution < -0.4 is 5.32 Å². The Labute approximate surface area is 134 Å². The van der Waals surface area contributed by atoms with Crippen molar-refractivity contribution in [2.45, 2.75) is 12.5 Å². The van der Waals surface area contributed by atoms with E-state index in [0.29, 0.717) is 5.56 Å². The lowest BCUT2D eigenvalue weighted by Gasteiger charge is -2.25. The van der Waals surface area contributed by atoms with Crippen molar-refractivity contribution >= 4 is 26.8 Å². The molecule has 5 heteroatoms. The first-order valence-electron chi connectivity index (χ1n) is 7.12. The van der Waals surface area contributed by atoms with Gasteiger partial charge in [0.1, 0.15) is 11.6 Å². The fourth-order valence-corrected chi connectivity index (χ4v) is 3.56. The van der Waals surface area contributed by atoms with Crippen LogP contribution in [0.5, 0.6) is 0 Å². The van der Waals surface area contributed by atoms with Crippen molar-refractivity contribution in [3.8, 4) is 0 Å². The fraction of sp³-hybridized carbons (Fsp3) is 0.176. The van der Waals surface area contributed by atoms with E-state index < -0.39 is 11.6 Å². The third kappa shape index (κ3) is 2.16. The number of hydrogen-bond donors (Lipinski definition) is 2. The van der Waals surface area contributed by atoms with Crippen LogP contribution in [-0.4, -0.2) is 11.5 Å². The second kappa shape index (κ2) is 5.18. The Hall–Kier alpha value is -1.72. The molecule has 0 amide bonds. The fourth-order valence-electron chi connectivity index (χ4n) is 3.20. The average molecular weight is 363 g/mol. The number of hydrogen-bond acceptors (Lipinski definition) is 1. The van der Waals surface area contributed by atoms with E-state index in [2.05, 4.69) is 32.3 Å². The SMILES string of the molecule is Fc1ccc(C2NCCc3c2[nH]c2ccc(Br)cc32)c(F)c1. The summed E-state index contributed by atoms with van der Waals surface area (Å²) in [6.45, 7) is 0.758. The van der Waals surface area contributed by atoms with Crippen molar-refractivity contribution in [1.29, 1.82) is 0 Å². The lowest BCUT2D eigenvalue weighted by Crippen LogP contribution is -2.31. The quantitative estimate of drug-likeness (QED) is 0.657. The van der Waals surface area contributed by atoms with Crippen molar-refractivity contribution in [3.63, 3.8) is 0 Å². The standard InChI is InChI=1S/C17H13BrF2N2/c18-9-1-4-15-13(7-9)11-5-6-21-16(17(11)22-15)12-3-2-10(19)8-14(12)20/h1-4,7-8,16,21-22H,5-6H2. The number of halogens is 3. The predicted octanol–water partition coefficient (Wildman–Crippen LogP) is 4.44. The summed E-state index contributed by atoms with van der Waals surface area (Å²) < 4.78 is 28.3. The number of nitrogens with one attached hydrogen (secondary N) is 2. The Kier molecular flexibility index (Phi) is 3.27. The van der Waals surface area contributed by atoms with Crippen molar-refractivity contribution in [2.24, 2.45) is 0 Å².